The average Bonchev–Trinajstić information content (AvgIpc) is 3.19. The van der Waals surface area contributed by atoms with E-state index >= 15 is 0 Å². The number of anilines is 1. The molecule has 2 aromatic heterocycles. The van der Waals surface area contributed by atoms with E-state index in [1.165, 1.54) is 18.5 Å². The standard InChI is InChI=1S/C18H19Cl2N3O5/c1-9(2)15(23-17(25)12-5-4-6-27-12)18(26)28-8-13(24)22-16-14(20)10(3)11(19)7-21-16/h4-7,9,15H,8H2,1-3H3,(H,23,25)(H,21,22,24)/t15-/m1/s1. The molecule has 0 spiro atoms. The highest BCUT2D eigenvalue weighted by Crippen LogP contribution is 2.28. The minimum Gasteiger partial charge on any atom is -0.459 e. The lowest BCUT2D eigenvalue weighted by Gasteiger charge is -2.20. The van der Waals surface area contributed by atoms with Crippen molar-refractivity contribution in [2.24, 2.45) is 5.92 Å². The molecule has 0 fully saturated rings. The van der Waals surface area contributed by atoms with E-state index in [0.29, 0.717) is 10.6 Å². The number of hydrogen-bond donors (Lipinski definition) is 2. The summed E-state index contributed by atoms with van der Waals surface area (Å²) in [6.07, 6.45) is 2.70. The van der Waals surface area contributed by atoms with Crippen LogP contribution < -0.4 is 10.6 Å². The highest BCUT2D eigenvalue weighted by Gasteiger charge is 2.27. The number of hydrogen-bond acceptors (Lipinski definition) is 6. The maximum atomic E-state index is 12.3. The molecule has 0 aliphatic heterocycles. The molecule has 2 aromatic rings. The maximum Gasteiger partial charge on any atom is 0.329 e. The molecule has 0 aliphatic rings. The molecule has 8 nitrogen and oxygen atoms in total. The number of aromatic nitrogens is 1. The number of rotatable bonds is 7. The van der Waals surface area contributed by atoms with Crippen molar-refractivity contribution in [1.29, 1.82) is 0 Å². The van der Waals surface area contributed by atoms with E-state index in [-0.39, 0.29) is 22.5 Å². The van der Waals surface area contributed by atoms with Crippen LogP contribution in [0, 0.1) is 12.8 Å². The van der Waals surface area contributed by atoms with Crippen LogP contribution in [-0.4, -0.2) is 35.4 Å². The Bertz CT molecular complexity index is 868. The number of nitrogens with one attached hydrogen (secondary N) is 2. The van der Waals surface area contributed by atoms with Crippen molar-refractivity contribution in [3.63, 3.8) is 0 Å². The fraction of sp³-hybridized carbons (Fsp3) is 0.333. The van der Waals surface area contributed by atoms with Crippen LogP contribution in [0.1, 0.15) is 30.0 Å². The zero-order chi connectivity index (χ0) is 20.8. The summed E-state index contributed by atoms with van der Waals surface area (Å²) in [6, 6.07) is 2.07. The second-order valence-electron chi connectivity index (χ2n) is 6.22. The third kappa shape index (κ3) is 5.46. The van der Waals surface area contributed by atoms with Crippen LogP contribution in [0.4, 0.5) is 5.82 Å². The van der Waals surface area contributed by atoms with Crippen molar-refractivity contribution < 1.29 is 23.5 Å². The molecule has 0 bridgehead atoms. The fourth-order valence-corrected chi connectivity index (χ4v) is 2.55. The van der Waals surface area contributed by atoms with Crippen molar-refractivity contribution in [2.45, 2.75) is 26.8 Å². The van der Waals surface area contributed by atoms with Crippen LogP contribution >= 0.6 is 23.2 Å². The normalized spacial score (nSPS) is 11.8. The van der Waals surface area contributed by atoms with Crippen LogP contribution in [0.2, 0.25) is 10.0 Å². The molecule has 10 heteroatoms. The van der Waals surface area contributed by atoms with Gasteiger partial charge in [-0.05, 0) is 30.5 Å². The SMILES string of the molecule is Cc1c(Cl)cnc(NC(=O)COC(=O)[C@H](NC(=O)c2ccco2)C(C)C)c1Cl. The predicted octanol–water partition coefficient (Wildman–Crippen LogP) is 3.23. The van der Waals surface area contributed by atoms with Gasteiger partial charge < -0.3 is 19.8 Å². The van der Waals surface area contributed by atoms with E-state index in [9.17, 15) is 14.4 Å². The molecule has 28 heavy (non-hydrogen) atoms. The number of carbonyl (C=O) groups excluding carboxylic acids is 3. The van der Waals surface area contributed by atoms with Crippen LogP contribution in [-0.2, 0) is 14.3 Å². The lowest BCUT2D eigenvalue weighted by Crippen LogP contribution is -2.45. The lowest BCUT2D eigenvalue weighted by atomic mass is 10.0. The van der Waals surface area contributed by atoms with Gasteiger partial charge in [-0.2, -0.15) is 0 Å². The second kappa shape index (κ2) is 9.57. The van der Waals surface area contributed by atoms with Gasteiger partial charge in [-0.3, -0.25) is 9.59 Å². The summed E-state index contributed by atoms with van der Waals surface area (Å²) >= 11 is 12.0. The number of furan rings is 1. The van der Waals surface area contributed by atoms with E-state index in [1.54, 1.807) is 26.8 Å². The number of halogens is 2. The molecule has 0 saturated heterocycles. The molecule has 150 valence electrons. The third-order valence-electron chi connectivity index (χ3n) is 3.76. The molecule has 0 radical (unpaired) electrons. The summed E-state index contributed by atoms with van der Waals surface area (Å²) in [5.41, 5.74) is 0.561. The topological polar surface area (TPSA) is 111 Å². The Labute approximate surface area is 171 Å². The van der Waals surface area contributed by atoms with E-state index in [0.717, 1.165) is 0 Å². The van der Waals surface area contributed by atoms with Crippen molar-refractivity contribution in [3.8, 4) is 0 Å². The number of ether oxygens (including phenoxy) is 1. The van der Waals surface area contributed by atoms with Crippen LogP contribution in [0.5, 0.6) is 0 Å². The first kappa shape index (κ1) is 21.7. The summed E-state index contributed by atoms with van der Waals surface area (Å²) in [7, 11) is 0. The average molecular weight is 428 g/mol. The van der Waals surface area contributed by atoms with Crippen LogP contribution in [0.25, 0.3) is 0 Å². The van der Waals surface area contributed by atoms with Crippen molar-refractivity contribution in [2.75, 3.05) is 11.9 Å². The second-order valence-corrected chi connectivity index (χ2v) is 7.01. The molecule has 0 aliphatic carbocycles. The van der Waals surface area contributed by atoms with Gasteiger partial charge in [-0.15, -0.1) is 0 Å². The van der Waals surface area contributed by atoms with Crippen molar-refractivity contribution >= 4 is 46.8 Å². The molecule has 2 heterocycles. The highest BCUT2D eigenvalue weighted by molar-refractivity contribution is 6.37. The van der Waals surface area contributed by atoms with Gasteiger partial charge in [0.1, 0.15) is 6.04 Å². The first-order valence-electron chi connectivity index (χ1n) is 8.32. The Morgan fingerprint density at radius 3 is 2.61 bits per heavy atom. The Hall–Kier alpha value is -2.58. The fourth-order valence-electron chi connectivity index (χ4n) is 2.16. The maximum absolute atomic E-state index is 12.3. The zero-order valence-electron chi connectivity index (χ0n) is 15.4. The van der Waals surface area contributed by atoms with Gasteiger partial charge in [0.05, 0.1) is 16.3 Å². The van der Waals surface area contributed by atoms with Crippen LogP contribution in [0.3, 0.4) is 0 Å². The minimum absolute atomic E-state index is 0.0648. The predicted molar refractivity (Wildman–Crippen MR) is 103 cm³/mol. The van der Waals surface area contributed by atoms with Gasteiger partial charge in [0.15, 0.2) is 18.2 Å². The molecule has 1 atom stereocenters. The quantitative estimate of drug-likeness (QED) is 0.656. The number of amides is 2. The summed E-state index contributed by atoms with van der Waals surface area (Å²) in [5.74, 6) is -2.05. The lowest BCUT2D eigenvalue weighted by molar-refractivity contribution is -0.150. The Morgan fingerprint density at radius 1 is 1.29 bits per heavy atom. The van der Waals surface area contributed by atoms with E-state index in [2.05, 4.69) is 15.6 Å². The monoisotopic (exact) mass is 427 g/mol. The molecule has 2 amide bonds. The first-order chi connectivity index (χ1) is 13.2. The molecule has 0 aromatic carbocycles. The van der Waals surface area contributed by atoms with E-state index in [1.807, 2.05) is 0 Å². The van der Waals surface area contributed by atoms with Gasteiger partial charge >= 0.3 is 5.97 Å². The molecule has 0 saturated carbocycles. The Balaban J connectivity index is 1.94. The highest BCUT2D eigenvalue weighted by atomic mass is 35.5. The molecule has 2 N–H and O–H groups in total. The first-order valence-corrected chi connectivity index (χ1v) is 9.07. The number of carbonyl (C=O) groups is 3. The largest absolute Gasteiger partial charge is 0.459 e. The third-order valence-corrected chi connectivity index (χ3v) is 4.60. The number of nitrogens with zero attached hydrogens (tertiary/aromatic N) is 1. The molecule has 2 rings (SSSR count). The summed E-state index contributed by atoms with van der Waals surface area (Å²) in [4.78, 5) is 40.4. The summed E-state index contributed by atoms with van der Waals surface area (Å²) in [6.45, 7) is 4.57. The number of esters is 1. The van der Waals surface area contributed by atoms with Crippen molar-refractivity contribution in [3.05, 3.63) is 46.0 Å². The molecular weight excluding hydrogens is 409 g/mol. The summed E-state index contributed by atoms with van der Waals surface area (Å²) in [5, 5.41) is 5.53. The summed E-state index contributed by atoms with van der Waals surface area (Å²) < 4.78 is 10.0. The Morgan fingerprint density at radius 2 is 2.00 bits per heavy atom. The zero-order valence-corrected chi connectivity index (χ0v) is 16.9. The van der Waals surface area contributed by atoms with Gasteiger partial charge in [0, 0.05) is 6.20 Å². The number of pyridine rings is 1. The van der Waals surface area contributed by atoms with E-state index < -0.39 is 30.4 Å². The van der Waals surface area contributed by atoms with Gasteiger partial charge in [0.25, 0.3) is 11.8 Å². The van der Waals surface area contributed by atoms with Gasteiger partial charge in [0.2, 0.25) is 0 Å². The van der Waals surface area contributed by atoms with Crippen LogP contribution in [0.15, 0.2) is 29.0 Å². The van der Waals surface area contributed by atoms with Gasteiger partial charge in [-0.1, -0.05) is 37.0 Å². The smallest absolute Gasteiger partial charge is 0.329 e. The molecule has 0 unspecified atom stereocenters. The van der Waals surface area contributed by atoms with E-state index in [4.69, 9.17) is 32.4 Å². The minimum atomic E-state index is -0.954. The van der Waals surface area contributed by atoms with Crippen molar-refractivity contribution in [1.82, 2.24) is 10.3 Å². The Kier molecular flexibility index (Phi) is 7.42. The van der Waals surface area contributed by atoms with Gasteiger partial charge in [-0.25, -0.2) is 9.78 Å². The molecular formula is C18H19Cl2N3O5.